The fourth-order valence-electron chi connectivity index (χ4n) is 5.92. The third-order valence-electron chi connectivity index (χ3n) is 7.65. The summed E-state index contributed by atoms with van der Waals surface area (Å²) >= 11 is 0. The van der Waals surface area contributed by atoms with E-state index in [4.69, 9.17) is 18.8 Å². The molecule has 4 aromatic heterocycles. The Morgan fingerprint density at radius 1 is 0.487 bits per heavy atom. The molecule has 0 saturated carbocycles. The highest BCUT2D eigenvalue weighted by molar-refractivity contribution is 6.17. The van der Waals surface area contributed by atoms with E-state index in [0.717, 1.165) is 71.4 Å². The molecule has 9 aromatic rings. The van der Waals surface area contributed by atoms with Gasteiger partial charge in [0.15, 0.2) is 0 Å². The number of hydrogen-bond acceptors (Lipinski definition) is 4. The lowest BCUT2D eigenvalue weighted by Crippen LogP contribution is -2.02. The van der Waals surface area contributed by atoms with Crippen molar-refractivity contribution in [3.8, 4) is 17.2 Å². The lowest BCUT2D eigenvalue weighted by molar-refractivity contribution is 0.651. The van der Waals surface area contributed by atoms with E-state index in [1.165, 1.54) is 0 Å². The molecular weight excluding hydrogens is 482 g/mol. The molecule has 9 rings (SSSR count). The minimum atomic E-state index is 0.568. The number of benzene rings is 5. The fourth-order valence-corrected chi connectivity index (χ4v) is 5.92. The van der Waals surface area contributed by atoms with Gasteiger partial charge in [-0.05, 0) is 30.3 Å². The van der Waals surface area contributed by atoms with E-state index >= 15 is 0 Å². The van der Waals surface area contributed by atoms with Crippen LogP contribution < -0.4 is 0 Å². The van der Waals surface area contributed by atoms with Gasteiger partial charge >= 0.3 is 0 Å². The monoisotopic (exact) mass is 501 g/mol. The van der Waals surface area contributed by atoms with Crippen LogP contribution in [0.25, 0.3) is 83.0 Å². The third-order valence-corrected chi connectivity index (χ3v) is 7.65. The van der Waals surface area contributed by atoms with Crippen molar-refractivity contribution < 1.29 is 8.83 Å². The second-order valence-electron chi connectivity index (χ2n) is 9.83. The number of furan rings is 2. The second-order valence-corrected chi connectivity index (χ2v) is 9.83. The van der Waals surface area contributed by atoms with Gasteiger partial charge in [-0.2, -0.15) is 4.98 Å². The Balaban J connectivity index is 1.45. The van der Waals surface area contributed by atoms with Gasteiger partial charge in [-0.1, -0.05) is 84.9 Å². The molecule has 5 aromatic carbocycles. The fraction of sp³-hybridized carbons (Fsp3) is 0. The number of aromatic nitrogens is 3. The zero-order valence-electron chi connectivity index (χ0n) is 20.6. The van der Waals surface area contributed by atoms with E-state index in [9.17, 15) is 0 Å². The molecular formula is C34H19N3O2. The van der Waals surface area contributed by atoms with Crippen LogP contribution in [0.1, 0.15) is 0 Å². The molecule has 5 heteroatoms. The van der Waals surface area contributed by atoms with Crippen molar-refractivity contribution in [2.45, 2.75) is 0 Å². The van der Waals surface area contributed by atoms with Crippen LogP contribution in [-0.2, 0) is 0 Å². The summed E-state index contributed by atoms with van der Waals surface area (Å²) in [5.41, 5.74) is 7.02. The normalized spacial score (nSPS) is 12.1. The van der Waals surface area contributed by atoms with Crippen molar-refractivity contribution >= 4 is 65.8 Å². The maximum atomic E-state index is 6.31. The van der Waals surface area contributed by atoms with Crippen molar-refractivity contribution in [3.63, 3.8) is 0 Å². The van der Waals surface area contributed by atoms with Gasteiger partial charge in [0.25, 0.3) is 0 Å². The number of fused-ring (bicyclic) bond motifs is 9. The molecule has 0 spiro atoms. The summed E-state index contributed by atoms with van der Waals surface area (Å²) in [4.78, 5) is 10.3. The Bertz CT molecular complexity index is 2390. The van der Waals surface area contributed by atoms with E-state index < -0.39 is 0 Å². The topological polar surface area (TPSA) is 57.0 Å². The van der Waals surface area contributed by atoms with Gasteiger partial charge in [-0.25, -0.2) is 4.98 Å². The number of hydrogen-bond donors (Lipinski definition) is 0. The largest absolute Gasteiger partial charge is 0.456 e. The molecule has 5 nitrogen and oxygen atoms in total. The highest BCUT2D eigenvalue weighted by atomic mass is 16.3. The Kier molecular flexibility index (Phi) is 3.99. The van der Waals surface area contributed by atoms with Gasteiger partial charge in [0, 0.05) is 32.5 Å². The summed E-state index contributed by atoms with van der Waals surface area (Å²) in [6, 6.07) is 39.2. The second kappa shape index (κ2) is 7.55. The quantitative estimate of drug-likeness (QED) is 0.237. The number of rotatable bonds is 2. The minimum Gasteiger partial charge on any atom is -0.456 e. The molecule has 0 bridgehead atoms. The average molecular weight is 502 g/mol. The molecule has 0 amide bonds. The Hall–Kier alpha value is -5.42. The molecule has 0 aliphatic heterocycles. The maximum Gasteiger partial charge on any atom is 0.238 e. The van der Waals surface area contributed by atoms with Crippen molar-refractivity contribution in [3.05, 3.63) is 115 Å². The van der Waals surface area contributed by atoms with E-state index in [2.05, 4.69) is 65.2 Å². The molecule has 0 radical (unpaired) electrons. The molecule has 0 aliphatic carbocycles. The molecule has 39 heavy (non-hydrogen) atoms. The van der Waals surface area contributed by atoms with Crippen LogP contribution in [0.3, 0.4) is 0 Å². The SMILES string of the molecule is c1ccc(-c2nc(-n3c4ccccc4c4cc5oc6ccccc6c5cc43)nc3oc4ccccc4c23)cc1. The minimum absolute atomic E-state index is 0.568. The van der Waals surface area contributed by atoms with Gasteiger partial charge in [0.2, 0.25) is 11.7 Å². The molecule has 0 atom stereocenters. The van der Waals surface area contributed by atoms with Gasteiger partial charge in [0.1, 0.15) is 16.7 Å². The van der Waals surface area contributed by atoms with Crippen LogP contribution in [0, 0.1) is 0 Å². The van der Waals surface area contributed by atoms with Crippen molar-refractivity contribution in [1.82, 2.24) is 14.5 Å². The summed E-state index contributed by atoms with van der Waals surface area (Å²) in [5, 5.41) is 6.28. The molecule has 0 saturated heterocycles. The van der Waals surface area contributed by atoms with E-state index in [-0.39, 0.29) is 0 Å². The Morgan fingerprint density at radius 3 is 2.03 bits per heavy atom. The smallest absolute Gasteiger partial charge is 0.238 e. The summed E-state index contributed by atoms with van der Waals surface area (Å²) in [6.45, 7) is 0. The standard InChI is InChI=1S/C34H19N3O2/c1-2-10-20(11-3-1)32-31-23-14-6-9-17-29(23)39-33(31)36-34(35-32)37-26-15-7-4-12-21(26)24-19-30-25(18-27(24)37)22-13-5-8-16-28(22)38-30/h1-19H. The van der Waals surface area contributed by atoms with Gasteiger partial charge in [-0.15, -0.1) is 0 Å². The first-order chi connectivity index (χ1) is 19.3. The first-order valence-corrected chi connectivity index (χ1v) is 12.9. The van der Waals surface area contributed by atoms with Crippen molar-refractivity contribution in [2.75, 3.05) is 0 Å². The summed E-state index contributed by atoms with van der Waals surface area (Å²) in [6.07, 6.45) is 0. The number of nitrogens with zero attached hydrogens (tertiary/aromatic N) is 3. The molecule has 4 heterocycles. The Labute approximate surface area is 221 Å². The lowest BCUT2D eigenvalue weighted by atomic mass is 10.1. The summed E-state index contributed by atoms with van der Waals surface area (Å²) in [5.74, 6) is 0.568. The van der Waals surface area contributed by atoms with Crippen LogP contribution in [0.5, 0.6) is 0 Å². The van der Waals surface area contributed by atoms with Crippen LogP contribution >= 0.6 is 0 Å². The van der Waals surface area contributed by atoms with Crippen LogP contribution in [-0.4, -0.2) is 14.5 Å². The molecule has 0 unspecified atom stereocenters. The first kappa shape index (κ1) is 20.6. The van der Waals surface area contributed by atoms with Crippen molar-refractivity contribution in [1.29, 1.82) is 0 Å². The predicted octanol–water partition coefficient (Wildman–Crippen LogP) is 9.04. The molecule has 0 fully saturated rings. The van der Waals surface area contributed by atoms with Gasteiger partial charge in [-0.3, -0.25) is 4.57 Å². The first-order valence-electron chi connectivity index (χ1n) is 12.9. The van der Waals surface area contributed by atoms with Crippen molar-refractivity contribution in [2.24, 2.45) is 0 Å². The van der Waals surface area contributed by atoms with E-state index in [1.54, 1.807) is 0 Å². The molecule has 0 aliphatic rings. The maximum absolute atomic E-state index is 6.31. The van der Waals surface area contributed by atoms with Gasteiger partial charge < -0.3 is 8.83 Å². The summed E-state index contributed by atoms with van der Waals surface area (Å²) < 4.78 is 14.7. The third kappa shape index (κ3) is 2.84. The Morgan fingerprint density at radius 2 is 1.18 bits per heavy atom. The average Bonchev–Trinajstić information content (AvgIpc) is 3.65. The zero-order valence-corrected chi connectivity index (χ0v) is 20.6. The highest BCUT2D eigenvalue weighted by Gasteiger charge is 2.21. The highest BCUT2D eigenvalue weighted by Crippen LogP contribution is 2.40. The van der Waals surface area contributed by atoms with Crippen LogP contribution in [0.4, 0.5) is 0 Å². The van der Waals surface area contributed by atoms with Crippen LogP contribution in [0.15, 0.2) is 124 Å². The van der Waals surface area contributed by atoms with E-state index in [1.807, 2.05) is 54.6 Å². The molecule has 0 N–H and O–H groups in total. The predicted molar refractivity (Wildman–Crippen MR) is 156 cm³/mol. The molecule has 182 valence electrons. The summed E-state index contributed by atoms with van der Waals surface area (Å²) in [7, 11) is 0. The number of para-hydroxylation sites is 3. The van der Waals surface area contributed by atoms with Gasteiger partial charge in [0.05, 0.1) is 22.1 Å². The van der Waals surface area contributed by atoms with Crippen LogP contribution in [0.2, 0.25) is 0 Å². The van der Waals surface area contributed by atoms with E-state index in [0.29, 0.717) is 11.7 Å². The lowest BCUT2D eigenvalue weighted by Gasteiger charge is -2.09. The zero-order chi connectivity index (χ0) is 25.5.